The lowest BCUT2D eigenvalue weighted by Gasteiger charge is -1.98. The fourth-order valence-electron chi connectivity index (χ4n) is 1.25. The number of hydrogen-bond donors (Lipinski definition) is 2. The van der Waals surface area contributed by atoms with Gasteiger partial charge < -0.3 is 5.32 Å². The van der Waals surface area contributed by atoms with Crippen LogP contribution in [0.25, 0.3) is 5.65 Å². The van der Waals surface area contributed by atoms with Crippen LogP contribution in [0.4, 0.5) is 0 Å². The number of nitrogens with one attached hydrogen (secondary N) is 2. The fraction of sp³-hybridized carbons (Fsp3) is 0.250. The maximum Gasteiger partial charge on any atom is 0.262 e. The summed E-state index contributed by atoms with van der Waals surface area (Å²) in [5.74, 6) is 0. The van der Waals surface area contributed by atoms with Crippen LogP contribution >= 0.6 is 0 Å². The van der Waals surface area contributed by atoms with Crippen LogP contribution in [0.15, 0.2) is 23.1 Å². The van der Waals surface area contributed by atoms with Gasteiger partial charge >= 0.3 is 0 Å². The van der Waals surface area contributed by atoms with Gasteiger partial charge in [0, 0.05) is 12.6 Å². The van der Waals surface area contributed by atoms with Crippen LogP contribution in [0.1, 0.15) is 5.69 Å². The Kier molecular flexibility index (Phi) is 1.86. The summed E-state index contributed by atoms with van der Waals surface area (Å²) in [6, 6.07) is 3.16. The number of aromatic nitrogens is 3. The Hall–Kier alpha value is -1.62. The molecule has 0 saturated carbocycles. The second-order valence-corrected chi connectivity index (χ2v) is 2.78. The van der Waals surface area contributed by atoms with E-state index < -0.39 is 0 Å². The molecule has 0 spiro atoms. The molecule has 2 aromatic rings. The Morgan fingerprint density at radius 3 is 3.23 bits per heavy atom. The van der Waals surface area contributed by atoms with Crippen molar-refractivity contribution < 1.29 is 0 Å². The Morgan fingerprint density at radius 1 is 1.62 bits per heavy atom. The fourth-order valence-corrected chi connectivity index (χ4v) is 1.25. The summed E-state index contributed by atoms with van der Waals surface area (Å²) in [5.41, 5.74) is 1.57. The van der Waals surface area contributed by atoms with Gasteiger partial charge in [0.25, 0.3) is 5.56 Å². The molecule has 0 radical (unpaired) electrons. The topological polar surface area (TPSA) is 62.2 Å². The van der Waals surface area contributed by atoms with Crippen molar-refractivity contribution in [3.8, 4) is 0 Å². The van der Waals surface area contributed by atoms with Gasteiger partial charge in [-0.3, -0.25) is 9.89 Å². The first-order valence-electron chi connectivity index (χ1n) is 4.01. The van der Waals surface area contributed by atoms with Crippen LogP contribution in [-0.2, 0) is 6.54 Å². The SMILES string of the molecule is CNCc1cnc2ccc(=O)[nH]n12. The zero-order valence-electron chi connectivity index (χ0n) is 7.24. The molecule has 0 saturated heterocycles. The molecule has 0 atom stereocenters. The van der Waals surface area contributed by atoms with E-state index in [2.05, 4.69) is 15.4 Å². The first-order chi connectivity index (χ1) is 6.31. The summed E-state index contributed by atoms with van der Waals surface area (Å²) in [5, 5.41) is 5.68. The quantitative estimate of drug-likeness (QED) is 0.666. The minimum absolute atomic E-state index is 0.122. The molecule has 68 valence electrons. The predicted octanol–water partition coefficient (Wildman–Crippen LogP) is -0.258. The van der Waals surface area contributed by atoms with E-state index in [0.717, 1.165) is 11.3 Å². The summed E-state index contributed by atoms with van der Waals surface area (Å²) in [7, 11) is 1.85. The van der Waals surface area contributed by atoms with E-state index in [4.69, 9.17) is 0 Å². The molecule has 0 unspecified atom stereocenters. The largest absolute Gasteiger partial charge is 0.314 e. The minimum Gasteiger partial charge on any atom is -0.314 e. The highest BCUT2D eigenvalue weighted by atomic mass is 16.1. The van der Waals surface area contributed by atoms with Gasteiger partial charge in [0.15, 0.2) is 5.65 Å². The summed E-state index contributed by atoms with van der Waals surface area (Å²) >= 11 is 0. The molecular weight excluding hydrogens is 168 g/mol. The Morgan fingerprint density at radius 2 is 2.46 bits per heavy atom. The molecule has 0 aliphatic heterocycles. The number of imidazole rings is 1. The van der Waals surface area contributed by atoms with Crippen molar-refractivity contribution >= 4 is 5.65 Å². The normalized spacial score (nSPS) is 10.8. The Labute approximate surface area is 74.4 Å². The third-order valence-electron chi connectivity index (χ3n) is 1.83. The van der Waals surface area contributed by atoms with E-state index in [0.29, 0.717) is 6.54 Å². The van der Waals surface area contributed by atoms with Crippen molar-refractivity contribution in [2.24, 2.45) is 0 Å². The minimum atomic E-state index is -0.122. The first-order valence-corrected chi connectivity index (χ1v) is 4.01. The zero-order chi connectivity index (χ0) is 9.26. The van der Waals surface area contributed by atoms with E-state index in [9.17, 15) is 4.79 Å². The van der Waals surface area contributed by atoms with Crippen LogP contribution < -0.4 is 10.9 Å². The van der Waals surface area contributed by atoms with Gasteiger partial charge in [0.1, 0.15) is 0 Å². The predicted molar refractivity (Wildman–Crippen MR) is 48.6 cm³/mol. The van der Waals surface area contributed by atoms with Gasteiger partial charge in [-0.05, 0) is 13.1 Å². The standard InChI is InChI=1S/C8H10N4O/c1-9-4-6-5-10-7-2-3-8(13)11-12(6)7/h2-3,5,9H,4H2,1H3,(H,11,13). The van der Waals surface area contributed by atoms with Gasteiger partial charge in [-0.15, -0.1) is 0 Å². The maximum absolute atomic E-state index is 11.0. The third kappa shape index (κ3) is 1.33. The highest BCUT2D eigenvalue weighted by molar-refractivity contribution is 5.37. The van der Waals surface area contributed by atoms with Gasteiger partial charge in [-0.25, -0.2) is 9.50 Å². The highest BCUT2D eigenvalue weighted by Gasteiger charge is 2.01. The lowest BCUT2D eigenvalue weighted by molar-refractivity contribution is 0.742. The van der Waals surface area contributed by atoms with E-state index in [1.54, 1.807) is 16.8 Å². The van der Waals surface area contributed by atoms with Crippen molar-refractivity contribution in [3.05, 3.63) is 34.4 Å². The first kappa shape index (κ1) is 8.00. The van der Waals surface area contributed by atoms with E-state index in [1.807, 2.05) is 7.05 Å². The van der Waals surface area contributed by atoms with Crippen molar-refractivity contribution in [3.63, 3.8) is 0 Å². The molecule has 0 aliphatic rings. The number of nitrogens with zero attached hydrogens (tertiary/aromatic N) is 2. The third-order valence-corrected chi connectivity index (χ3v) is 1.83. The number of H-pyrrole nitrogens is 1. The molecule has 2 rings (SSSR count). The Bertz CT molecular complexity index is 470. The van der Waals surface area contributed by atoms with Crippen LogP contribution in [0.3, 0.4) is 0 Å². The van der Waals surface area contributed by atoms with E-state index >= 15 is 0 Å². The van der Waals surface area contributed by atoms with Crippen molar-refractivity contribution in [1.29, 1.82) is 0 Å². The highest BCUT2D eigenvalue weighted by Crippen LogP contribution is 2.00. The smallest absolute Gasteiger partial charge is 0.262 e. The van der Waals surface area contributed by atoms with E-state index in [-0.39, 0.29) is 5.56 Å². The molecular formula is C8H10N4O. The molecule has 13 heavy (non-hydrogen) atoms. The lowest BCUT2D eigenvalue weighted by Crippen LogP contribution is -2.14. The molecule has 0 bridgehead atoms. The summed E-state index contributed by atoms with van der Waals surface area (Å²) in [6.45, 7) is 0.682. The summed E-state index contributed by atoms with van der Waals surface area (Å²) in [4.78, 5) is 15.1. The average Bonchev–Trinajstić information content (AvgIpc) is 2.49. The van der Waals surface area contributed by atoms with E-state index in [1.165, 1.54) is 6.07 Å². The molecule has 0 aromatic carbocycles. The van der Waals surface area contributed by atoms with Crippen LogP contribution in [0, 0.1) is 0 Å². The Balaban J connectivity index is 2.64. The number of rotatable bonds is 2. The van der Waals surface area contributed by atoms with Gasteiger partial charge in [0.05, 0.1) is 11.9 Å². The molecule has 2 heterocycles. The van der Waals surface area contributed by atoms with Gasteiger partial charge in [-0.2, -0.15) is 0 Å². The number of aromatic amines is 1. The van der Waals surface area contributed by atoms with Crippen LogP contribution in [0.5, 0.6) is 0 Å². The van der Waals surface area contributed by atoms with Crippen molar-refractivity contribution in [2.75, 3.05) is 7.05 Å². The summed E-state index contributed by atoms with van der Waals surface area (Å²) < 4.78 is 1.68. The van der Waals surface area contributed by atoms with Crippen LogP contribution in [-0.4, -0.2) is 21.6 Å². The number of hydrogen-bond acceptors (Lipinski definition) is 3. The summed E-state index contributed by atoms with van der Waals surface area (Å²) in [6.07, 6.45) is 1.74. The van der Waals surface area contributed by atoms with Crippen molar-refractivity contribution in [1.82, 2.24) is 19.9 Å². The molecule has 0 fully saturated rings. The second kappa shape index (κ2) is 3.02. The molecule has 0 aliphatic carbocycles. The van der Waals surface area contributed by atoms with Crippen molar-refractivity contribution in [2.45, 2.75) is 6.54 Å². The average molecular weight is 178 g/mol. The molecule has 2 aromatic heterocycles. The molecule has 5 heteroatoms. The molecule has 0 amide bonds. The lowest BCUT2D eigenvalue weighted by atomic mass is 10.5. The second-order valence-electron chi connectivity index (χ2n) is 2.78. The van der Waals surface area contributed by atoms with Crippen LogP contribution in [0.2, 0.25) is 0 Å². The van der Waals surface area contributed by atoms with Gasteiger partial charge in [-0.1, -0.05) is 0 Å². The van der Waals surface area contributed by atoms with Gasteiger partial charge in [0.2, 0.25) is 0 Å². The molecule has 5 nitrogen and oxygen atoms in total. The molecule has 2 N–H and O–H groups in total. The maximum atomic E-state index is 11.0. The monoisotopic (exact) mass is 178 g/mol. The zero-order valence-corrected chi connectivity index (χ0v) is 7.24. The number of fused-ring (bicyclic) bond motifs is 1.